The van der Waals surface area contributed by atoms with Gasteiger partial charge in [0.2, 0.25) is 5.91 Å². The number of carbonyl (C=O) groups is 1. The fourth-order valence-corrected chi connectivity index (χ4v) is 4.02. The minimum atomic E-state index is -0.486. The third-order valence-electron chi connectivity index (χ3n) is 4.05. The number of carbonyl (C=O) groups excluding carboxylic acids is 1. The van der Waals surface area contributed by atoms with Crippen LogP contribution in [0.1, 0.15) is 19.3 Å². The van der Waals surface area contributed by atoms with E-state index in [1.165, 1.54) is 18.9 Å². The molecule has 1 aromatic rings. The quantitative estimate of drug-likeness (QED) is 0.643. The van der Waals surface area contributed by atoms with Gasteiger partial charge in [-0.1, -0.05) is 18.6 Å². The molecule has 22 heavy (non-hydrogen) atoms. The van der Waals surface area contributed by atoms with Gasteiger partial charge in [-0.3, -0.25) is 19.8 Å². The number of nitrogens with zero attached hydrogens (tertiary/aromatic N) is 2. The average Bonchev–Trinajstić information content (AvgIpc) is 2.96. The summed E-state index contributed by atoms with van der Waals surface area (Å²) >= 11 is 1.84. The average molecular weight is 323 g/mol. The molecule has 2 atom stereocenters. The number of rotatable bonds is 6. The molecule has 0 aliphatic heterocycles. The highest BCUT2D eigenvalue weighted by atomic mass is 32.2. The van der Waals surface area contributed by atoms with Crippen molar-refractivity contribution < 1.29 is 9.72 Å². The molecule has 7 heteroatoms. The van der Waals surface area contributed by atoms with Gasteiger partial charge in [-0.05, 0) is 32.2 Å². The second kappa shape index (κ2) is 7.60. The molecule has 6 nitrogen and oxygen atoms in total. The van der Waals surface area contributed by atoms with E-state index in [4.69, 9.17) is 0 Å². The van der Waals surface area contributed by atoms with Crippen LogP contribution in [0.5, 0.6) is 0 Å². The van der Waals surface area contributed by atoms with Gasteiger partial charge in [0.15, 0.2) is 0 Å². The number of hydrogen-bond acceptors (Lipinski definition) is 5. The first-order chi connectivity index (χ1) is 10.5. The van der Waals surface area contributed by atoms with Crippen LogP contribution in [0.4, 0.5) is 11.4 Å². The van der Waals surface area contributed by atoms with E-state index < -0.39 is 4.92 Å². The number of nitro groups is 1. The SMILES string of the molecule is CSC1CCCC1N(C)CC(=O)Nc1ccccc1[N+](=O)[O-]. The minimum Gasteiger partial charge on any atom is -0.319 e. The maximum atomic E-state index is 12.2. The second-order valence-electron chi connectivity index (χ2n) is 5.51. The molecule has 1 N–H and O–H groups in total. The number of nitrogens with one attached hydrogen (secondary N) is 1. The fourth-order valence-electron chi connectivity index (χ4n) is 2.96. The topological polar surface area (TPSA) is 75.5 Å². The van der Waals surface area contributed by atoms with Crippen LogP contribution in [0.3, 0.4) is 0 Å². The first-order valence-electron chi connectivity index (χ1n) is 7.29. The highest BCUT2D eigenvalue weighted by Gasteiger charge is 2.30. The Hall–Kier alpha value is -1.60. The Bertz CT molecular complexity index is 553. The van der Waals surface area contributed by atoms with E-state index in [0.29, 0.717) is 11.3 Å². The van der Waals surface area contributed by atoms with Crippen LogP contribution in [-0.2, 0) is 4.79 Å². The van der Waals surface area contributed by atoms with E-state index in [1.807, 2.05) is 18.8 Å². The lowest BCUT2D eigenvalue weighted by atomic mass is 10.2. The molecule has 1 fully saturated rings. The fraction of sp³-hybridized carbons (Fsp3) is 0.533. The van der Waals surface area contributed by atoms with Gasteiger partial charge in [-0.2, -0.15) is 11.8 Å². The number of anilines is 1. The molecule has 1 saturated carbocycles. The number of thioether (sulfide) groups is 1. The van der Waals surface area contributed by atoms with Crippen LogP contribution in [0, 0.1) is 10.1 Å². The molecular weight excluding hydrogens is 302 g/mol. The molecular formula is C15H21N3O3S. The van der Waals surface area contributed by atoms with Crippen LogP contribution >= 0.6 is 11.8 Å². The highest BCUT2D eigenvalue weighted by molar-refractivity contribution is 7.99. The Kier molecular flexibility index (Phi) is 5.79. The molecule has 1 aromatic carbocycles. The number of para-hydroxylation sites is 2. The van der Waals surface area contributed by atoms with E-state index >= 15 is 0 Å². The van der Waals surface area contributed by atoms with Crippen molar-refractivity contribution in [2.75, 3.05) is 25.2 Å². The minimum absolute atomic E-state index is 0.0821. The molecule has 1 aliphatic carbocycles. The number of amides is 1. The van der Waals surface area contributed by atoms with Crippen LogP contribution in [-0.4, -0.2) is 46.9 Å². The van der Waals surface area contributed by atoms with Gasteiger partial charge in [0.1, 0.15) is 5.69 Å². The maximum absolute atomic E-state index is 12.2. The summed E-state index contributed by atoms with van der Waals surface area (Å²) in [5, 5.41) is 14.2. The first kappa shape index (κ1) is 16.8. The molecule has 0 bridgehead atoms. The highest BCUT2D eigenvalue weighted by Crippen LogP contribution is 2.31. The third-order valence-corrected chi connectivity index (χ3v) is 5.21. The summed E-state index contributed by atoms with van der Waals surface area (Å²) in [5.74, 6) is -0.219. The second-order valence-corrected chi connectivity index (χ2v) is 6.59. The van der Waals surface area contributed by atoms with Crippen LogP contribution in [0.25, 0.3) is 0 Å². The Balaban J connectivity index is 1.97. The van der Waals surface area contributed by atoms with Gasteiger partial charge in [0.25, 0.3) is 5.69 Å². The summed E-state index contributed by atoms with van der Waals surface area (Å²) in [6.45, 7) is 0.244. The lowest BCUT2D eigenvalue weighted by molar-refractivity contribution is -0.383. The van der Waals surface area contributed by atoms with E-state index in [-0.39, 0.29) is 23.8 Å². The molecule has 0 aromatic heterocycles. The normalized spacial score (nSPS) is 21.0. The predicted octanol–water partition coefficient (Wildman–Crippen LogP) is 2.75. The summed E-state index contributed by atoms with van der Waals surface area (Å²) in [6.07, 6.45) is 5.57. The standard InChI is InChI=1S/C15H21N3O3S/c1-17(13-8-5-9-14(13)22-2)10-15(19)16-11-6-3-4-7-12(11)18(20)21/h3-4,6-7,13-14H,5,8-10H2,1-2H3,(H,16,19). The summed E-state index contributed by atoms with van der Waals surface area (Å²) in [6, 6.07) is 6.59. The summed E-state index contributed by atoms with van der Waals surface area (Å²) in [7, 11) is 1.94. The molecule has 2 unspecified atom stereocenters. The maximum Gasteiger partial charge on any atom is 0.292 e. The van der Waals surface area contributed by atoms with E-state index in [1.54, 1.807) is 18.2 Å². The van der Waals surface area contributed by atoms with Crippen molar-refractivity contribution in [1.82, 2.24) is 4.90 Å². The Morgan fingerprint density at radius 3 is 2.86 bits per heavy atom. The number of hydrogen-bond donors (Lipinski definition) is 1. The van der Waals surface area contributed by atoms with Gasteiger partial charge < -0.3 is 5.32 Å². The molecule has 0 spiro atoms. The summed E-state index contributed by atoms with van der Waals surface area (Å²) in [5.41, 5.74) is 0.167. The van der Waals surface area contributed by atoms with E-state index in [2.05, 4.69) is 16.5 Å². The zero-order valence-corrected chi connectivity index (χ0v) is 13.6. The van der Waals surface area contributed by atoms with Gasteiger partial charge in [-0.15, -0.1) is 0 Å². The zero-order chi connectivity index (χ0) is 16.1. The molecule has 1 aliphatic rings. The van der Waals surface area contributed by atoms with Gasteiger partial charge in [0, 0.05) is 17.4 Å². The third kappa shape index (κ3) is 3.98. The molecule has 120 valence electrons. The number of nitro benzene ring substituents is 1. The van der Waals surface area contributed by atoms with E-state index in [9.17, 15) is 14.9 Å². The van der Waals surface area contributed by atoms with Crippen molar-refractivity contribution in [3.8, 4) is 0 Å². The predicted molar refractivity (Wildman–Crippen MR) is 89.3 cm³/mol. The molecule has 0 heterocycles. The van der Waals surface area contributed by atoms with Crippen molar-refractivity contribution >= 4 is 29.0 Å². The molecule has 0 radical (unpaired) electrons. The molecule has 1 amide bonds. The largest absolute Gasteiger partial charge is 0.319 e. The lowest BCUT2D eigenvalue weighted by Gasteiger charge is -2.28. The zero-order valence-electron chi connectivity index (χ0n) is 12.8. The van der Waals surface area contributed by atoms with Crippen LogP contribution in [0.2, 0.25) is 0 Å². The van der Waals surface area contributed by atoms with Gasteiger partial charge in [0.05, 0.1) is 11.5 Å². The number of likely N-dealkylation sites (N-methyl/N-ethyl adjacent to an activating group) is 1. The molecule has 0 saturated heterocycles. The lowest BCUT2D eigenvalue weighted by Crippen LogP contribution is -2.41. The van der Waals surface area contributed by atoms with Gasteiger partial charge in [-0.25, -0.2) is 0 Å². The number of benzene rings is 1. The van der Waals surface area contributed by atoms with Crippen molar-refractivity contribution in [3.63, 3.8) is 0 Å². The monoisotopic (exact) mass is 323 g/mol. The Morgan fingerprint density at radius 1 is 1.45 bits per heavy atom. The summed E-state index contributed by atoms with van der Waals surface area (Å²) in [4.78, 5) is 24.7. The smallest absolute Gasteiger partial charge is 0.292 e. The van der Waals surface area contributed by atoms with E-state index in [0.717, 1.165) is 6.42 Å². The molecule has 2 rings (SSSR count). The summed E-state index contributed by atoms with van der Waals surface area (Å²) < 4.78 is 0. The van der Waals surface area contributed by atoms with Crippen molar-refractivity contribution in [3.05, 3.63) is 34.4 Å². The van der Waals surface area contributed by atoms with Crippen molar-refractivity contribution in [2.45, 2.75) is 30.6 Å². The van der Waals surface area contributed by atoms with Gasteiger partial charge >= 0.3 is 0 Å². The van der Waals surface area contributed by atoms with Crippen LogP contribution in [0.15, 0.2) is 24.3 Å². The van der Waals surface area contributed by atoms with Crippen molar-refractivity contribution in [2.24, 2.45) is 0 Å². The Labute approximate surface area is 134 Å². The van der Waals surface area contributed by atoms with Crippen molar-refractivity contribution in [1.29, 1.82) is 0 Å². The van der Waals surface area contributed by atoms with Crippen LogP contribution < -0.4 is 5.32 Å². The Morgan fingerprint density at radius 2 is 2.18 bits per heavy atom. The first-order valence-corrected chi connectivity index (χ1v) is 8.58.